The Morgan fingerprint density at radius 1 is 1.07 bits per heavy atom. The third-order valence-corrected chi connectivity index (χ3v) is 5.04. The van der Waals surface area contributed by atoms with Crippen LogP contribution in [-0.2, 0) is 22.6 Å². The molecule has 0 unspecified atom stereocenters. The van der Waals surface area contributed by atoms with Crippen molar-refractivity contribution in [2.45, 2.75) is 26.1 Å². The lowest BCUT2D eigenvalue weighted by Crippen LogP contribution is -2.35. The zero-order chi connectivity index (χ0) is 20.6. The van der Waals surface area contributed by atoms with Gasteiger partial charge in [0.05, 0.1) is 19.8 Å². The molecule has 1 fully saturated rings. The number of hydrogen-bond acceptors (Lipinski definition) is 4. The summed E-state index contributed by atoms with van der Waals surface area (Å²) >= 11 is 0. The minimum Gasteiger partial charge on any atom is -0.379 e. The minimum atomic E-state index is -0.891. The van der Waals surface area contributed by atoms with Crippen molar-refractivity contribution in [1.29, 1.82) is 0 Å². The fourth-order valence-corrected chi connectivity index (χ4v) is 3.19. The van der Waals surface area contributed by atoms with E-state index >= 15 is 0 Å². The molecule has 2 aromatic carbocycles. The molecule has 1 heterocycles. The van der Waals surface area contributed by atoms with Crippen LogP contribution >= 0.6 is 0 Å². The van der Waals surface area contributed by atoms with E-state index in [1.165, 1.54) is 11.6 Å². The Kier molecular flexibility index (Phi) is 7.69. The van der Waals surface area contributed by atoms with Gasteiger partial charge in [-0.15, -0.1) is 0 Å². The first-order valence-corrected chi connectivity index (χ1v) is 9.84. The van der Waals surface area contributed by atoms with Gasteiger partial charge in [-0.05, 0) is 35.7 Å². The lowest BCUT2D eigenvalue weighted by molar-refractivity contribution is -0.120. The summed E-state index contributed by atoms with van der Waals surface area (Å²) in [5.74, 6) is -1.93. The van der Waals surface area contributed by atoms with Gasteiger partial charge in [-0.2, -0.15) is 0 Å². The average molecular weight is 403 g/mol. The zero-order valence-corrected chi connectivity index (χ0v) is 16.6. The molecule has 1 aliphatic heterocycles. The summed E-state index contributed by atoms with van der Waals surface area (Å²) in [6.07, 6.45) is 0. The standard InChI is InChI=1S/C22H27F2N3O2/c1-16(19-6-7-20(23)21(24)12-19)25-14-22(28)26-13-17-2-4-18(5-3-17)15-27-8-10-29-11-9-27/h2-7,12,16,25H,8-11,13-15H2,1H3,(H,26,28)/t16-/m1/s1. The van der Waals surface area contributed by atoms with Crippen molar-refractivity contribution >= 4 is 5.91 Å². The number of carbonyl (C=O) groups is 1. The predicted octanol–water partition coefficient (Wildman–Crippen LogP) is 2.76. The molecule has 1 aliphatic rings. The van der Waals surface area contributed by atoms with Gasteiger partial charge >= 0.3 is 0 Å². The molecule has 1 saturated heterocycles. The molecule has 3 rings (SSSR count). The molecule has 1 amide bonds. The lowest BCUT2D eigenvalue weighted by Gasteiger charge is -2.26. The largest absolute Gasteiger partial charge is 0.379 e. The molecule has 29 heavy (non-hydrogen) atoms. The van der Waals surface area contributed by atoms with E-state index < -0.39 is 11.6 Å². The maximum absolute atomic E-state index is 13.3. The normalized spacial score (nSPS) is 15.8. The summed E-state index contributed by atoms with van der Waals surface area (Å²) in [7, 11) is 0. The van der Waals surface area contributed by atoms with E-state index in [0.29, 0.717) is 12.1 Å². The molecule has 0 radical (unpaired) electrons. The molecular formula is C22H27F2N3O2. The quantitative estimate of drug-likeness (QED) is 0.712. The number of amides is 1. The van der Waals surface area contributed by atoms with Crippen molar-refractivity contribution < 1.29 is 18.3 Å². The Hall–Kier alpha value is -2.35. The molecule has 5 nitrogen and oxygen atoms in total. The summed E-state index contributed by atoms with van der Waals surface area (Å²) in [5, 5.41) is 5.88. The van der Waals surface area contributed by atoms with Crippen molar-refractivity contribution in [3.63, 3.8) is 0 Å². The van der Waals surface area contributed by atoms with Crippen molar-refractivity contribution in [3.8, 4) is 0 Å². The van der Waals surface area contributed by atoms with Crippen LogP contribution in [0, 0.1) is 11.6 Å². The zero-order valence-electron chi connectivity index (χ0n) is 16.6. The highest BCUT2D eigenvalue weighted by Gasteiger charge is 2.12. The van der Waals surface area contributed by atoms with Crippen molar-refractivity contribution in [3.05, 3.63) is 70.8 Å². The Morgan fingerprint density at radius 2 is 1.76 bits per heavy atom. The summed E-state index contributed by atoms with van der Waals surface area (Å²) in [4.78, 5) is 14.4. The second-order valence-electron chi connectivity index (χ2n) is 7.26. The number of nitrogens with one attached hydrogen (secondary N) is 2. The summed E-state index contributed by atoms with van der Waals surface area (Å²) < 4.78 is 31.7. The van der Waals surface area contributed by atoms with E-state index in [4.69, 9.17) is 4.74 Å². The Bertz CT molecular complexity index is 808. The van der Waals surface area contributed by atoms with Crippen LogP contribution in [0.5, 0.6) is 0 Å². The molecule has 0 aliphatic carbocycles. The SMILES string of the molecule is C[C@@H](NCC(=O)NCc1ccc(CN2CCOCC2)cc1)c1ccc(F)c(F)c1. The number of carbonyl (C=O) groups excluding carboxylic acids is 1. The number of rotatable bonds is 8. The average Bonchev–Trinajstić information content (AvgIpc) is 2.74. The molecule has 0 saturated carbocycles. The van der Waals surface area contributed by atoms with Gasteiger partial charge in [0.25, 0.3) is 0 Å². The predicted molar refractivity (Wildman–Crippen MR) is 107 cm³/mol. The molecular weight excluding hydrogens is 376 g/mol. The van der Waals surface area contributed by atoms with E-state index in [1.54, 1.807) is 6.92 Å². The van der Waals surface area contributed by atoms with Crippen molar-refractivity contribution in [2.24, 2.45) is 0 Å². The van der Waals surface area contributed by atoms with Crippen LogP contribution in [0.15, 0.2) is 42.5 Å². The van der Waals surface area contributed by atoms with E-state index in [2.05, 4.69) is 27.7 Å². The molecule has 0 spiro atoms. The number of halogens is 2. The minimum absolute atomic E-state index is 0.0925. The van der Waals surface area contributed by atoms with Gasteiger partial charge in [0.1, 0.15) is 0 Å². The third kappa shape index (κ3) is 6.59. The number of ether oxygens (including phenoxy) is 1. The molecule has 1 atom stereocenters. The lowest BCUT2D eigenvalue weighted by atomic mass is 10.1. The van der Waals surface area contributed by atoms with Crippen LogP contribution in [-0.4, -0.2) is 43.7 Å². The van der Waals surface area contributed by atoms with Gasteiger partial charge in [-0.1, -0.05) is 30.3 Å². The molecule has 2 aromatic rings. The maximum atomic E-state index is 13.3. The number of nitrogens with zero attached hydrogens (tertiary/aromatic N) is 1. The van der Waals surface area contributed by atoms with Crippen LogP contribution < -0.4 is 10.6 Å². The summed E-state index contributed by atoms with van der Waals surface area (Å²) in [6, 6.07) is 11.7. The number of benzene rings is 2. The summed E-state index contributed by atoms with van der Waals surface area (Å²) in [6.45, 7) is 6.71. The van der Waals surface area contributed by atoms with E-state index in [-0.39, 0.29) is 18.5 Å². The first kappa shape index (κ1) is 21.4. The van der Waals surface area contributed by atoms with Crippen LogP contribution in [0.4, 0.5) is 8.78 Å². The van der Waals surface area contributed by atoms with Gasteiger partial charge in [0.15, 0.2) is 11.6 Å². The highest BCUT2D eigenvalue weighted by molar-refractivity contribution is 5.78. The van der Waals surface area contributed by atoms with E-state index in [0.717, 1.165) is 50.5 Å². The number of hydrogen-bond donors (Lipinski definition) is 2. The van der Waals surface area contributed by atoms with Gasteiger partial charge in [-0.3, -0.25) is 9.69 Å². The highest BCUT2D eigenvalue weighted by Crippen LogP contribution is 2.15. The van der Waals surface area contributed by atoms with Crippen LogP contribution in [0.3, 0.4) is 0 Å². The molecule has 2 N–H and O–H groups in total. The van der Waals surface area contributed by atoms with Gasteiger partial charge in [-0.25, -0.2) is 8.78 Å². The Morgan fingerprint density at radius 3 is 2.45 bits per heavy atom. The molecule has 0 bridgehead atoms. The van der Waals surface area contributed by atoms with Gasteiger partial charge < -0.3 is 15.4 Å². The van der Waals surface area contributed by atoms with Gasteiger partial charge in [0, 0.05) is 32.2 Å². The second kappa shape index (κ2) is 10.4. The smallest absolute Gasteiger partial charge is 0.234 e. The third-order valence-electron chi connectivity index (χ3n) is 5.04. The monoisotopic (exact) mass is 403 g/mol. The molecule has 7 heteroatoms. The van der Waals surface area contributed by atoms with E-state index in [1.807, 2.05) is 12.1 Å². The summed E-state index contributed by atoms with van der Waals surface area (Å²) in [5.41, 5.74) is 2.86. The maximum Gasteiger partial charge on any atom is 0.234 e. The molecule has 156 valence electrons. The van der Waals surface area contributed by atoms with Crippen molar-refractivity contribution in [1.82, 2.24) is 15.5 Å². The fourth-order valence-electron chi connectivity index (χ4n) is 3.19. The van der Waals surface area contributed by atoms with Gasteiger partial charge in [0.2, 0.25) is 5.91 Å². The van der Waals surface area contributed by atoms with Crippen LogP contribution in [0.2, 0.25) is 0 Å². The second-order valence-corrected chi connectivity index (χ2v) is 7.26. The highest BCUT2D eigenvalue weighted by atomic mass is 19.2. The number of morpholine rings is 1. The fraction of sp³-hybridized carbons (Fsp3) is 0.409. The first-order chi connectivity index (χ1) is 14.0. The van der Waals surface area contributed by atoms with Crippen LogP contribution in [0.1, 0.15) is 29.7 Å². The van der Waals surface area contributed by atoms with Crippen LogP contribution in [0.25, 0.3) is 0 Å². The molecule has 0 aromatic heterocycles. The first-order valence-electron chi connectivity index (χ1n) is 9.84. The Labute approximate surface area is 170 Å². The van der Waals surface area contributed by atoms with E-state index in [9.17, 15) is 13.6 Å². The Balaban J connectivity index is 1.40. The van der Waals surface area contributed by atoms with Crippen molar-refractivity contribution in [2.75, 3.05) is 32.8 Å². The topological polar surface area (TPSA) is 53.6 Å².